The number of amides is 11. The van der Waals surface area contributed by atoms with Crippen LogP contribution in [0.1, 0.15) is 112 Å². The fourth-order valence-electron chi connectivity index (χ4n) is 7.81. The number of likely N-dealkylation sites (tertiary alicyclic amines) is 1. The largest absolute Gasteiger partial charge is 0.480 e. The molecule has 2 saturated heterocycles. The smallest absolute Gasteiger partial charge is 0.326 e. The lowest BCUT2D eigenvalue weighted by molar-refractivity contribution is -0.144. The van der Waals surface area contributed by atoms with Crippen LogP contribution in [-0.2, 0) is 57.5 Å². The van der Waals surface area contributed by atoms with E-state index < -0.39 is 133 Å². The van der Waals surface area contributed by atoms with Gasteiger partial charge in [0.1, 0.15) is 36.3 Å². The van der Waals surface area contributed by atoms with Gasteiger partial charge in [0.2, 0.25) is 65.0 Å². The van der Waals surface area contributed by atoms with Crippen LogP contribution < -0.4 is 58.9 Å². The van der Waals surface area contributed by atoms with Crippen molar-refractivity contribution in [3.63, 3.8) is 0 Å². The number of hydrogen-bond acceptors (Lipinski definition) is 14. The number of aliphatic carboxylic acids is 1. The summed E-state index contributed by atoms with van der Waals surface area (Å²) in [5.41, 5.74) is 5.26. The molecule has 26 heteroatoms. The Morgan fingerprint density at radius 3 is 1.80 bits per heavy atom. The monoisotopic (exact) mass is 1010 g/mol. The lowest BCUT2D eigenvalue weighted by Gasteiger charge is -2.26. The minimum Gasteiger partial charge on any atom is -0.480 e. The zero-order valence-electron chi connectivity index (χ0n) is 41.6. The summed E-state index contributed by atoms with van der Waals surface area (Å²) in [6.07, 6.45) is 1.37. The molecule has 26 nitrogen and oxygen atoms in total. The van der Waals surface area contributed by atoms with Gasteiger partial charge in [0.15, 0.2) is 0 Å². The van der Waals surface area contributed by atoms with Crippen molar-refractivity contribution >= 4 is 70.9 Å². The van der Waals surface area contributed by atoms with Crippen LogP contribution in [0.2, 0.25) is 0 Å². The van der Waals surface area contributed by atoms with Gasteiger partial charge in [-0.2, -0.15) is 0 Å². The molecule has 2 aliphatic heterocycles. The van der Waals surface area contributed by atoms with Crippen molar-refractivity contribution < 1.29 is 67.7 Å². The molecule has 2 aliphatic rings. The number of unbranched alkanes of at least 4 members (excludes halogenated alkanes) is 1. The number of aliphatic hydroxyl groups excluding tert-OH is 1. The van der Waals surface area contributed by atoms with Gasteiger partial charge in [-0.1, -0.05) is 27.7 Å². The van der Waals surface area contributed by atoms with Gasteiger partial charge in [-0.15, -0.1) is 0 Å². The van der Waals surface area contributed by atoms with Crippen LogP contribution >= 0.6 is 0 Å². The van der Waals surface area contributed by atoms with Crippen molar-refractivity contribution in [1.29, 1.82) is 0 Å². The fourth-order valence-corrected chi connectivity index (χ4v) is 7.81. The number of carboxylic acids is 1. The topological polar surface area (TPSA) is 395 Å². The second-order valence-electron chi connectivity index (χ2n) is 18.8. The fraction of sp³-hybridized carbons (Fsp3) is 0.733. The first-order valence-corrected chi connectivity index (χ1v) is 24.2. The molecule has 0 saturated carbocycles. The molecule has 0 spiro atoms. The van der Waals surface area contributed by atoms with E-state index >= 15 is 0 Å². The molecule has 2 heterocycles. The number of nitrogens with one attached hydrogen (secondary N) is 10. The van der Waals surface area contributed by atoms with E-state index in [1.807, 2.05) is 0 Å². The molecule has 8 atom stereocenters. The van der Waals surface area contributed by atoms with E-state index in [2.05, 4.69) is 53.2 Å². The molecule has 0 aromatic heterocycles. The Morgan fingerprint density at radius 1 is 0.648 bits per heavy atom. The van der Waals surface area contributed by atoms with Crippen LogP contribution in [-0.4, -0.2) is 174 Å². The van der Waals surface area contributed by atoms with E-state index in [1.54, 1.807) is 27.7 Å². The predicted octanol–water partition coefficient (Wildman–Crippen LogP) is -4.37. The molecule has 0 aromatic rings. The van der Waals surface area contributed by atoms with Crippen molar-refractivity contribution in [2.45, 2.75) is 161 Å². The number of carbonyl (C=O) groups excluding carboxylic acids is 11. The third kappa shape index (κ3) is 23.4. The predicted molar refractivity (Wildman–Crippen MR) is 254 cm³/mol. The van der Waals surface area contributed by atoms with Crippen molar-refractivity contribution in [2.75, 3.05) is 39.3 Å². The van der Waals surface area contributed by atoms with E-state index in [0.29, 0.717) is 25.8 Å². The van der Waals surface area contributed by atoms with E-state index in [-0.39, 0.29) is 82.2 Å². The highest BCUT2D eigenvalue weighted by Gasteiger charge is 2.37. The third-order valence-electron chi connectivity index (χ3n) is 11.5. The Bertz CT molecular complexity index is 1900. The van der Waals surface area contributed by atoms with Crippen molar-refractivity contribution in [3.05, 3.63) is 0 Å². The molecule has 14 N–H and O–H groups in total. The summed E-state index contributed by atoms with van der Waals surface area (Å²) in [4.78, 5) is 154. The number of nitrogens with two attached hydrogens (primary N) is 1. The Labute approximate surface area is 413 Å². The van der Waals surface area contributed by atoms with E-state index in [9.17, 15) is 67.7 Å². The zero-order chi connectivity index (χ0) is 53.4. The van der Waals surface area contributed by atoms with Gasteiger partial charge in [0.25, 0.3) is 0 Å². The number of carbonyl (C=O) groups is 12. The Morgan fingerprint density at radius 2 is 1.23 bits per heavy atom. The number of hydrogen-bond donors (Lipinski definition) is 13. The minimum atomic E-state index is -1.25. The molecule has 0 radical (unpaired) electrons. The maximum absolute atomic E-state index is 13.6. The number of primary amides is 1. The highest BCUT2D eigenvalue weighted by molar-refractivity contribution is 5.97. The summed E-state index contributed by atoms with van der Waals surface area (Å²) in [5.74, 6) is -8.73. The molecule has 2 fully saturated rings. The first kappa shape index (κ1) is 60.7. The van der Waals surface area contributed by atoms with Gasteiger partial charge in [0, 0.05) is 33.0 Å². The normalized spacial score (nSPS) is 18.4. The average molecular weight is 1010 g/mol. The molecular weight excluding hydrogens is 933 g/mol. The highest BCUT2D eigenvalue weighted by Crippen LogP contribution is 2.18. The molecule has 0 unspecified atom stereocenters. The number of nitrogens with zero attached hydrogens (tertiary/aromatic N) is 1. The number of β-amino-alcohol motifs (C(OH)–C–C–N with tert-alkyl or cyclic N) is 1. The van der Waals surface area contributed by atoms with E-state index in [4.69, 9.17) is 5.73 Å². The number of rotatable bonds is 31. The molecule has 0 aromatic carbocycles. The van der Waals surface area contributed by atoms with Crippen molar-refractivity contribution in [3.8, 4) is 0 Å². The second-order valence-corrected chi connectivity index (χ2v) is 18.8. The highest BCUT2D eigenvalue weighted by atomic mass is 16.4. The Hall–Kier alpha value is -6.44. The summed E-state index contributed by atoms with van der Waals surface area (Å²) >= 11 is 0. The van der Waals surface area contributed by atoms with Crippen LogP contribution in [0.5, 0.6) is 0 Å². The summed E-state index contributed by atoms with van der Waals surface area (Å²) in [5, 5.41) is 44.8. The second kappa shape index (κ2) is 31.0. The molecular formula is C45H76N12O14. The Balaban J connectivity index is 1.97. The van der Waals surface area contributed by atoms with Gasteiger partial charge >= 0.3 is 5.97 Å². The standard InChI is InChI=1S/C45H76N12O14/c1-24(2)17-32(56-42(67)29(12-9-14-35(46)60)53-36(61)21-49-40(65)31-19-28(59)20-48-31)41(66)50-22-37(62)54-33(18-25(3)4)43(68)52-26(5)39(64)51-23-38(63)57-16-10-13-34(57)44(69)55-30(45(70)71)11-7-8-15-47-27(6)58/h24-26,28-34,48,59H,7-23H2,1-6H3,(H2,46,60)(H,47,58)(H,49,65)(H,50,66)(H,51,64)(H,52,68)(H,53,61)(H,54,62)(H,55,69)(H,56,67)(H,70,71)/t26-,28+,29-,30-,31-,32-,33-,34-/m0/s1. The van der Waals surface area contributed by atoms with Crippen molar-refractivity contribution in [1.82, 2.24) is 58.1 Å². The molecule has 400 valence electrons. The first-order valence-electron chi connectivity index (χ1n) is 24.2. The van der Waals surface area contributed by atoms with Crippen LogP contribution in [0.25, 0.3) is 0 Å². The van der Waals surface area contributed by atoms with Gasteiger partial charge in [0.05, 0.1) is 31.8 Å². The molecule has 11 amide bonds. The summed E-state index contributed by atoms with van der Waals surface area (Å²) in [6, 6.07) is -7.71. The van der Waals surface area contributed by atoms with E-state index in [0.717, 1.165) is 0 Å². The zero-order valence-corrected chi connectivity index (χ0v) is 41.6. The SMILES string of the molecule is CC(=O)NCCCC[C@H](NC(=O)[C@@H]1CCCN1C(=O)CNC(=O)[C@H](C)NC(=O)[C@H](CC(C)C)NC(=O)CNC(=O)[C@H](CC(C)C)NC(=O)[C@H](CCCC(N)=O)NC(=O)CNC(=O)[C@@H]1C[C@@H](O)CN1)C(=O)O. The minimum absolute atomic E-state index is 0.0518. The maximum atomic E-state index is 13.6. The lowest BCUT2D eigenvalue weighted by Crippen LogP contribution is -2.57. The van der Waals surface area contributed by atoms with Gasteiger partial charge in [-0.3, -0.25) is 52.7 Å². The van der Waals surface area contributed by atoms with Crippen molar-refractivity contribution in [2.24, 2.45) is 17.6 Å². The van der Waals surface area contributed by atoms with Gasteiger partial charge < -0.3 is 74.0 Å². The van der Waals surface area contributed by atoms with Crippen LogP contribution in [0.15, 0.2) is 0 Å². The maximum Gasteiger partial charge on any atom is 0.326 e. The molecule has 71 heavy (non-hydrogen) atoms. The van der Waals surface area contributed by atoms with Gasteiger partial charge in [-0.05, 0) is 83.0 Å². The molecule has 0 bridgehead atoms. The quantitative estimate of drug-likeness (QED) is 0.0292. The Kier molecular flexibility index (Phi) is 26.5. The van der Waals surface area contributed by atoms with Crippen LogP contribution in [0.4, 0.5) is 0 Å². The van der Waals surface area contributed by atoms with Crippen LogP contribution in [0, 0.1) is 11.8 Å². The first-order chi connectivity index (χ1) is 33.4. The summed E-state index contributed by atoms with van der Waals surface area (Å²) in [7, 11) is 0. The number of aliphatic hydroxyl groups is 1. The molecule has 0 aliphatic carbocycles. The summed E-state index contributed by atoms with van der Waals surface area (Å²) < 4.78 is 0. The van der Waals surface area contributed by atoms with Crippen LogP contribution in [0.3, 0.4) is 0 Å². The lowest BCUT2D eigenvalue weighted by atomic mass is 10.0. The molecule has 2 rings (SSSR count). The summed E-state index contributed by atoms with van der Waals surface area (Å²) in [6.45, 7) is 8.97. The van der Waals surface area contributed by atoms with E-state index in [1.165, 1.54) is 18.7 Å². The van der Waals surface area contributed by atoms with Gasteiger partial charge in [-0.25, -0.2) is 4.79 Å². The third-order valence-corrected chi connectivity index (χ3v) is 11.5. The average Bonchev–Trinajstić information content (AvgIpc) is 3.97. The number of carboxylic acid groups (broad SMARTS) is 1.